The average Bonchev–Trinajstić information content (AvgIpc) is 3.15. The number of benzene rings is 1. The van der Waals surface area contributed by atoms with Crippen LogP contribution in [0.15, 0.2) is 36.4 Å². The van der Waals surface area contributed by atoms with Gasteiger partial charge in [-0.1, -0.05) is 12.1 Å². The van der Waals surface area contributed by atoms with Crippen molar-refractivity contribution in [2.24, 2.45) is 5.92 Å². The zero-order valence-electron chi connectivity index (χ0n) is 19.9. The van der Waals surface area contributed by atoms with E-state index in [2.05, 4.69) is 9.68 Å². The summed E-state index contributed by atoms with van der Waals surface area (Å²) in [5, 5.41) is 38.2. The number of carbonyl (C=O) groups excluding carboxylic acids is 1. The number of ether oxygens (including phenoxy) is 2. The van der Waals surface area contributed by atoms with E-state index < -0.39 is 64.8 Å². The monoisotopic (exact) mass is 552 g/mol. The summed E-state index contributed by atoms with van der Waals surface area (Å²) in [6.07, 6.45) is -5.67. The molecule has 0 heterocycles. The van der Waals surface area contributed by atoms with Crippen molar-refractivity contribution in [3.8, 4) is 5.75 Å². The van der Waals surface area contributed by atoms with Gasteiger partial charge >= 0.3 is 12.1 Å². The van der Waals surface area contributed by atoms with Crippen molar-refractivity contribution >= 4 is 5.97 Å². The highest BCUT2D eigenvalue weighted by Crippen LogP contribution is 2.31. The van der Waals surface area contributed by atoms with Gasteiger partial charge in [-0.3, -0.25) is 4.79 Å². The van der Waals surface area contributed by atoms with E-state index in [1.807, 2.05) is 0 Å². The molecule has 0 bridgehead atoms. The van der Waals surface area contributed by atoms with Gasteiger partial charge in [-0.25, -0.2) is 0 Å². The highest BCUT2D eigenvalue weighted by molar-refractivity contribution is 5.69. The summed E-state index contributed by atoms with van der Waals surface area (Å²) < 4.78 is 49.6. The van der Waals surface area contributed by atoms with Gasteiger partial charge in [-0.15, -0.1) is 20.2 Å². The summed E-state index contributed by atoms with van der Waals surface area (Å²) in [7, 11) is 0. The van der Waals surface area contributed by atoms with E-state index in [0.29, 0.717) is 0 Å². The van der Waals surface area contributed by atoms with Gasteiger partial charge in [0.05, 0.1) is 17.8 Å². The number of hydrogen-bond acceptors (Lipinski definition) is 11. The van der Waals surface area contributed by atoms with Crippen LogP contribution in [0.2, 0.25) is 0 Å². The van der Waals surface area contributed by atoms with Gasteiger partial charge in [0.2, 0.25) is 0 Å². The molecule has 0 saturated heterocycles. The van der Waals surface area contributed by atoms with Crippen molar-refractivity contribution in [2.45, 2.75) is 62.7 Å². The molecule has 1 aliphatic carbocycles. The Morgan fingerprint density at radius 3 is 2.50 bits per heavy atom. The number of aliphatic hydroxyl groups is 2. The van der Waals surface area contributed by atoms with Gasteiger partial charge in [-0.2, -0.15) is 13.2 Å². The second-order valence-corrected chi connectivity index (χ2v) is 8.47. The molecule has 5 atom stereocenters. The second-order valence-electron chi connectivity index (χ2n) is 8.47. The average molecular weight is 552 g/mol. The van der Waals surface area contributed by atoms with Crippen LogP contribution in [-0.4, -0.2) is 64.0 Å². The first-order valence-electron chi connectivity index (χ1n) is 11.5. The molecule has 1 aromatic rings. The van der Waals surface area contributed by atoms with Gasteiger partial charge in [-0.05, 0) is 50.0 Å². The van der Waals surface area contributed by atoms with Crippen LogP contribution in [0.25, 0.3) is 0 Å². The maximum atomic E-state index is 13.0. The van der Waals surface area contributed by atoms with Crippen LogP contribution in [-0.2, 0) is 25.4 Å². The van der Waals surface area contributed by atoms with Crippen molar-refractivity contribution in [1.29, 1.82) is 0 Å². The van der Waals surface area contributed by atoms with E-state index >= 15 is 0 Å². The first-order valence-corrected chi connectivity index (χ1v) is 11.5. The third-order valence-electron chi connectivity index (χ3n) is 5.49. The second kappa shape index (κ2) is 14.3. The van der Waals surface area contributed by atoms with Crippen LogP contribution in [0.3, 0.4) is 0 Å². The third kappa shape index (κ3) is 11.2. The molecule has 1 aromatic carbocycles. The van der Waals surface area contributed by atoms with Crippen LogP contribution in [0.5, 0.6) is 5.75 Å². The van der Waals surface area contributed by atoms with Crippen LogP contribution in [0.4, 0.5) is 13.2 Å². The van der Waals surface area contributed by atoms with Crippen molar-refractivity contribution in [1.82, 2.24) is 0 Å². The standard InChI is InChI=1S/C22H27F3N2O11/c23-22(24,25)15-3-1-4-17(10-15)35-12-18(8-7-14-9-16(28)11-20(14)29)37-21(30)6-2-5-19(38-27(33)34)13-36-26(31)32/h1,3-4,7-8,10,14,16,18-20,28-29H,2,5-6,9,11-13H2/b8-7+/t14-,16-,18-,19+,20-/m1/s1. The maximum Gasteiger partial charge on any atom is 0.416 e. The molecule has 1 fully saturated rings. The summed E-state index contributed by atoms with van der Waals surface area (Å²) in [6.45, 7) is -1.10. The summed E-state index contributed by atoms with van der Waals surface area (Å²) in [5.41, 5.74) is -0.935. The lowest BCUT2D eigenvalue weighted by Gasteiger charge is -2.18. The lowest BCUT2D eigenvalue weighted by atomic mass is 10.0. The Morgan fingerprint density at radius 1 is 1.16 bits per heavy atom. The summed E-state index contributed by atoms with van der Waals surface area (Å²) in [4.78, 5) is 41.6. The number of rotatable bonds is 15. The molecule has 16 heteroatoms. The number of aliphatic hydroxyl groups excluding tert-OH is 2. The van der Waals surface area contributed by atoms with Crippen LogP contribution in [0.1, 0.15) is 37.7 Å². The van der Waals surface area contributed by atoms with Crippen molar-refractivity contribution in [3.05, 3.63) is 62.2 Å². The molecule has 2 N–H and O–H groups in total. The fourth-order valence-electron chi connectivity index (χ4n) is 3.70. The summed E-state index contributed by atoms with van der Waals surface area (Å²) in [5.74, 6) is -1.37. The molecule has 0 unspecified atom stereocenters. The molecular formula is C22H27F3N2O11. The summed E-state index contributed by atoms with van der Waals surface area (Å²) >= 11 is 0. The van der Waals surface area contributed by atoms with Crippen molar-refractivity contribution in [3.63, 3.8) is 0 Å². The molecule has 0 radical (unpaired) electrons. The molecule has 1 saturated carbocycles. The Labute approximate surface area is 213 Å². The predicted molar refractivity (Wildman–Crippen MR) is 119 cm³/mol. The number of nitrogens with zero attached hydrogens (tertiary/aromatic N) is 2. The normalized spacial score (nSPS) is 21.0. The Bertz CT molecular complexity index is 976. The minimum absolute atomic E-state index is 0.0309. The zero-order chi connectivity index (χ0) is 28.3. The molecule has 2 rings (SSSR count). The fourth-order valence-corrected chi connectivity index (χ4v) is 3.70. The van der Waals surface area contributed by atoms with Gasteiger partial charge in [0.15, 0.2) is 6.10 Å². The smallest absolute Gasteiger partial charge is 0.416 e. The number of alkyl halides is 3. The van der Waals surface area contributed by atoms with E-state index in [0.717, 1.165) is 18.2 Å². The minimum Gasteiger partial charge on any atom is -0.489 e. The highest BCUT2D eigenvalue weighted by Gasteiger charge is 2.31. The van der Waals surface area contributed by atoms with Crippen molar-refractivity contribution in [2.75, 3.05) is 13.2 Å². The first kappa shape index (κ1) is 30.6. The largest absolute Gasteiger partial charge is 0.489 e. The third-order valence-corrected chi connectivity index (χ3v) is 5.49. The van der Waals surface area contributed by atoms with Gasteiger partial charge in [0.25, 0.3) is 10.2 Å². The van der Waals surface area contributed by atoms with Crippen molar-refractivity contribution < 1.29 is 57.5 Å². The molecule has 1 aliphatic rings. The Kier molecular flexibility index (Phi) is 11.5. The SMILES string of the molecule is O=C(CCC[C@@H](CO[N+](=O)[O-])O[N+](=O)[O-])O[C@H](/C=C/[C@@H]1C[C@@H](O)C[C@H]1O)COc1cccc(C(F)(F)F)c1. The molecule has 0 aliphatic heterocycles. The van der Waals surface area contributed by atoms with Crippen LogP contribution in [0, 0.1) is 26.1 Å². The van der Waals surface area contributed by atoms with E-state index in [-0.39, 0.29) is 44.5 Å². The number of hydrogen-bond donors (Lipinski definition) is 2. The fraction of sp³-hybridized carbons (Fsp3) is 0.591. The predicted octanol–water partition coefficient (Wildman–Crippen LogP) is 2.64. The number of halogens is 3. The lowest BCUT2D eigenvalue weighted by molar-refractivity contribution is -0.790. The zero-order valence-corrected chi connectivity index (χ0v) is 19.9. The maximum absolute atomic E-state index is 13.0. The molecule has 0 amide bonds. The van der Waals surface area contributed by atoms with E-state index in [4.69, 9.17) is 9.47 Å². The van der Waals surface area contributed by atoms with Crippen LogP contribution < -0.4 is 4.74 Å². The molecule has 0 spiro atoms. The lowest BCUT2D eigenvalue weighted by Crippen LogP contribution is -2.26. The Morgan fingerprint density at radius 2 is 1.89 bits per heavy atom. The molecule has 0 aromatic heterocycles. The Hall–Kier alpha value is -3.66. The van der Waals surface area contributed by atoms with E-state index in [1.165, 1.54) is 18.2 Å². The number of esters is 1. The number of carbonyl (C=O) groups is 1. The molecule has 13 nitrogen and oxygen atoms in total. The van der Waals surface area contributed by atoms with Gasteiger partial charge < -0.3 is 29.4 Å². The quantitative estimate of drug-likeness (QED) is 0.141. The van der Waals surface area contributed by atoms with Gasteiger partial charge in [0.1, 0.15) is 25.1 Å². The Balaban J connectivity index is 1.99. The van der Waals surface area contributed by atoms with E-state index in [1.54, 1.807) is 0 Å². The minimum atomic E-state index is -4.59. The van der Waals surface area contributed by atoms with Crippen LogP contribution >= 0.6 is 0 Å². The molecule has 38 heavy (non-hydrogen) atoms. The van der Waals surface area contributed by atoms with E-state index in [9.17, 15) is 48.4 Å². The first-order chi connectivity index (χ1) is 17.8. The topological polar surface area (TPSA) is 181 Å². The highest BCUT2D eigenvalue weighted by atomic mass is 19.4. The molecule has 212 valence electrons. The van der Waals surface area contributed by atoms with Gasteiger partial charge in [0, 0.05) is 12.3 Å². The molecular weight excluding hydrogens is 525 g/mol. The summed E-state index contributed by atoms with van der Waals surface area (Å²) in [6, 6.07) is 4.08.